The Morgan fingerprint density at radius 2 is 2.12 bits per heavy atom. The minimum absolute atomic E-state index is 0.201. The van der Waals surface area contributed by atoms with Crippen molar-refractivity contribution in [3.05, 3.63) is 34.2 Å². The number of nitrogens with zero attached hydrogens (tertiary/aromatic N) is 2. The molecule has 0 saturated heterocycles. The zero-order valence-corrected chi connectivity index (χ0v) is 11.3. The Morgan fingerprint density at radius 1 is 1.53 bits per heavy atom. The minimum atomic E-state index is -0.445. The lowest BCUT2D eigenvalue weighted by molar-refractivity contribution is 0.0660. The number of alkyl halides is 1. The summed E-state index contributed by atoms with van der Waals surface area (Å²) in [5.41, 5.74) is -0.263. The highest BCUT2D eigenvalue weighted by atomic mass is 35.5. The molecule has 0 saturated carbocycles. The number of carbonyl (C=O) groups excluding carboxylic acids is 1. The molecule has 0 unspecified atom stereocenters. The lowest BCUT2D eigenvalue weighted by Gasteiger charge is -2.33. The monoisotopic (exact) mass is 256 g/mol. The third-order valence-electron chi connectivity index (χ3n) is 2.89. The van der Waals surface area contributed by atoms with Crippen LogP contribution in [0.3, 0.4) is 0 Å². The lowest BCUT2D eigenvalue weighted by atomic mass is 10.1. The van der Waals surface area contributed by atoms with Gasteiger partial charge < -0.3 is 9.47 Å². The van der Waals surface area contributed by atoms with Crippen molar-refractivity contribution in [3.8, 4) is 0 Å². The Kier molecular flexibility index (Phi) is 3.98. The Bertz CT molecular complexity index is 480. The molecule has 1 amide bonds. The molecular weight excluding hydrogens is 240 g/mol. The molecule has 0 aliphatic heterocycles. The van der Waals surface area contributed by atoms with Crippen molar-refractivity contribution in [3.63, 3.8) is 0 Å². The Labute approximate surface area is 106 Å². The SMILES string of the molecule is CN(C(=O)c1ccn(C)c(=O)c1)C(C)(C)CCl. The summed E-state index contributed by atoms with van der Waals surface area (Å²) in [6, 6.07) is 2.97. The highest BCUT2D eigenvalue weighted by molar-refractivity contribution is 6.18. The molecule has 0 aliphatic rings. The van der Waals surface area contributed by atoms with E-state index in [1.165, 1.54) is 10.6 Å². The first kappa shape index (κ1) is 13.8. The number of rotatable bonds is 3. The van der Waals surface area contributed by atoms with Gasteiger partial charge in [0.1, 0.15) is 0 Å². The molecule has 1 aromatic heterocycles. The van der Waals surface area contributed by atoms with Crippen LogP contribution in [0.15, 0.2) is 23.1 Å². The summed E-state index contributed by atoms with van der Waals surface area (Å²) < 4.78 is 1.42. The molecule has 0 bridgehead atoms. The van der Waals surface area contributed by atoms with Gasteiger partial charge in [-0.05, 0) is 19.9 Å². The standard InChI is InChI=1S/C12H17ClN2O2/c1-12(2,8-13)15(4)11(17)9-5-6-14(3)10(16)7-9/h5-7H,8H2,1-4H3. The van der Waals surface area contributed by atoms with Gasteiger partial charge in [-0.2, -0.15) is 0 Å². The summed E-state index contributed by atoms with van der Waals surface area (Å²) in [7, 11) is 3.32. The zero-order chi connectivity index (χ0) is 13.2. The maximum atomic E-state index is 12.1. The molecule has 94 valence electrons. The minimum Gasteiger partial charge on any atom is -0.335 e. The molecule has 5 heteroatoms. The van der Waals surface area contributed by atoms with E-state index in [1.807, 2.05) is 13.8 Å². The highest BCUT2D eigenvalue weighted by Crippen LogP contribution is 2.16. The van der Waals surface area contributed by atoms with Crippen LogP contribution in [-0.2, 0) is 7.05 Å². The molecule has 0 aliphatic carbocycles. The van der Waals surface area contributed by atoms with Crippen LogP contribution in [-0.4, -0.2) is 33.8 Å². The number of pyridine rings is 1. The molecular formula is C12H17ClN2O2. The van der Waals surface area contributed by atoms with E-state index < -0.39 is 5.54 Å². The van der Waals surface area contributed by atoms with Gasteiger partial charge in [-0.15, -0.1) is 11.6 Å². The number of carbonyl (C=O) groups is 1. The van der Waals surface area contributed by atoms with Gasteiger partial charge in [-0.3, -0.25) is 9.59 Å². The molecule has 1 aromatic rings. The second-order valence-corrected chi connectivity index (χ2v) is 4.94. The third-order valence-corrected chi connectivity index (χ3v) is 3.54. The van der Waals surface area contributed by atoms with Crippen molar-refractivity contribution in [1.29, 1.82) is 0 Å². The fraction of sp³-hybridized carbons (Fsp3) is 0.500. The summed E-state index contributed by atoms with van der Waals surface area (Å²) in [5, 5.41) is 0. The van der Waals surface area contributed by atoms with E-state index in [1.54, 1.807) is 31.3 Å². The average molecular weight is 257 g/mol. The summed E-state index contributed by atoms with van der Waals surface area (Å²) in [6.45, 7) is 3.75. The van der Waals surface area contributed by atoms with Crippen LogP contribution in [0.2, 0.25) is 0 Å². The lowest BCUT2D eigenvalue weighted by Crippen LogP contribution is -2.46. The van der Waals surface area contributed by atoms with E-state index in [0.717, 1.165) is 0 Å². The van der Waals surface area contributed by atoms with E-state index in [9.17, 15) is 9.59 Å². The molecule has 0 radical (unpaired) electrons. The van der Waals surface area contributed by atoms with E-state index in [4.69, 9.17) is 11.6 Å². The van der Waals surface area contributed by atoms with Crippen LogP contribution in [0.5, 0.6) is 0 Å². The van der Waals surface area contributed by atoms with Crippen molar-refractivity contribution in [2.75, 3.05) is 12.9 Å². The largest absolute Gasteiger partial charge is 0.335 e. The number of halogens is 1. The Hall–Kier alpha value is -1.29. The van der Waals surface area contributed by atoms with E-state index in [2.05, 4.69) is 0 Å². The van der Waals surface area contributed by atoms with Crippen molar-refractivity contribution >= 4 is 17.5 Å². The normalized spacial score (nSPS) is 11.4. The number of hydrogen-bond donors (Lipinski definition) is 0. The molecule has 4 nitrogen and oxygen atoms in total. The Morgan fingerprint density at radius 3 is 2.59 bits per heavy atom. The second kappa shape index (κ2) is 4.92. The summed E-state index contributed by atoms with van der Waals surface area (Å²) in [5.74, 6) is 0.133. The van der Waals surface area contributed by atoms with Crippen molar-refractivity contribution in [2.24, 2.45) is 7.05 Å². The second-order valence-electron chi connectivity index (χ2n) is 4.67. The molecule has 1 rings (SSSR count). The smallest absolute Gasteiger partial charge is 0.254 e. The number of aryl methyl sites for hydroxylation is 1. The first-order chi connectivity index (χ1) is 7.79. The van der Waals surface area contributed by atoms with Gasteiger partial charge in [0, 0.05) is 37.8 Å². The average Bonchev–Trinajstić information content (AvgIpc) is 2.30. The van der Waals surface area contributed by atoms with Gasteiger partial charge in [0.05, 0.1) is 5.54 Å². The summed E-state index contributed by atoms with van der Waals surface area (Å²) in [4.78, 5) is 25.1. The molecule has 0 aromatic carbocycles. The topological polar surface area (TPSA) is 42.3 Å². The van der Waals surface area contributed by atoms with E-state index >= 15 is 0 Å². The van der Waals surface area contributed by atoms with Crippen LogP contribution in [0, 0.1) is 0 Å². The number of hydrogen-bond acceptors (Lipinski definition) is 2. The van der Waals surface area contributed by atoms with Gasteiger partial charge in [0.25, 0.3) is 11.5 Å². The predicted octanol–water partition coefficient (Wildman–Crippen LogP) is 1.47. The van der Waals surface area contributed by atoms with Crippen LogP contribution in [0.25, 0.3) is 0 Å². The van der Waals surface area contributed by atoms with Crippen LogP contribution >= 0.6 is 11.6 Å². The summed E-state index contributed by atoms with van der Waals surface area (Å²) in [6.07, 6.45) is 1.58. The van der Waals surface area contributed by atoms with Gasteiger partial charge in [0.15, 0.2) is 0 Å². The third kappa shape index (κ3) is 2.88. The van der Waals surface area contributed by atoms with Crippen LogP contribution in [0.4, 0.5) is 0 Å². The van der Waals surface area contributed by atoms with E-state index in [-0.39, 0.29) is 11.5 Å². The number of amides is 1. The molecule has 0 atom stereocenters. The van der Waals surface area contributed by atoms with Crippen LogP contribution < -0.4 is 5.56 Å². The maximum Gasteiger partial charge on any atom is 0.254 e. The fourth-order valence-electron chi connectivity index (χ4n) is 1.24. The van der Waals surface area contributed by atoms with Crippen molar-refractivity contribution in [1.82, 2.24) is 9.47 Å². The quantitative estimate of drug-likeness (QED) is 0.769. The van der Waals surface area contributed by atoms with Crippen molar-refractivity contribution in [2.45, 2.75) is 19.4 Å². The number of aromatic nitrogens is 1. The predicted molar refractivity (Wildman–Crippen MR) is 68.6 cm³/mol. The molecule has 0 N–H and O–H groups in total. The maximum absolute atomic E-state index is 12.1. The van der Waals surface area contributed by atoms with Crippen molar-refractivity contribution < 1.29 is 4.79 Å². The van der Waals surface area contributed by atoms with Gasteiger partial charge in [-0.1, -0.05) is 0 Å². The molecule has 0 fully saturated rings. The molecule has 0 spiro atoms. The fourth-order valence-corrected chi connectivity index (χ4v) is 1.42. The first-order valence-electron chi connectivity index (χ1n) is 5.30. The van der Waals surface area contributed by atoms with Gasteiger partial charge in [0.2, 0.25) is 0 Å². The van der Waals surface area contributed by atoms with Gasteiger partial charge >= 0.3 is 0 Å². The van der Waals surface area contributed by atoms with Gasteiger partial charge in [-0.25, -0.2) is 0 Å². The zero-order valence-electron chi connectivity index (χ0n) is 10.5. The summed E-state index contributed by atoms with van der Waals surface area (Å²) >= 11 is 5.82. The van der Waals surface area contributed by atoms with E-state index in [0.29, 0.717) is 11.4 Å². The first-order valence-corrected chi connectivity index (χ1v) is 5.84. The van der Waals surface area contributed by atoms with Crippen LogP contribution in [0.1, 0.15) is 24.2 Å². The highest BCUT2D eigenvalue weighted by Gasteiger charge is 2.27. The molecule has 1 heterocycles. The Balaban J connectivity index is 3.05. The molecule has 17 heavy (non-hydrogen) atoms.